The average Bonchev–Trinajstić information content (AvgIpc) is 2.33. The molecule has 0 fully saturated rings. The fourth-order valence-electron chi connectivity index (χ4n) is 1.17. The van der Waals surface area contributed by atoms with Gasteiger partial charge < -0.3 is 9.84 Å². The van der Waals surface area contributed by atoms with Gasteiger partial charge in [-0.15, -0.1) is 0 Å². The molecule has 86 valence electrons. The van der Waals surface area contributed by atoms with Gasteiger partial charge in [-0.3, -0.25) is 4.98 Å². The molecule has 1 aromatic carbocycles. The number of halogens is 1. The highest BCUT2D eigenvalue weighted by Gasteiger charge is 2.09. The quantitative estimate of drug-likeness (QED) is 0.868. The summed E-state index contributed by atoms with van der Waals surface area (Å²) >= 11 is 2.06. The minimum Gasteiger partial charge on any atom is -0.478 e. The Balaban J connectivity index is 2.32. The van der Waals surface area contributed by atoms with Crippen molar-refractivity contribution in [3.63, 3.8) is 0 Å². The van der Waals surface area contributed by atoms with Crippen molar-refractivity contribution in [3.05, 3.63) is 45.9 Å². The van der Waals surface area contributed by atoms with Gasteiger partial charge in [0, 0.05) is 12.4 Å². The molecule has 0 spiro atoms. The van der Waals surface area contributed by atoms with Crippen LogP contribution in [-0.4, -0.2) is 21.0 Å². The lowest BCUT2D eigenvalue weighted by atomic mass is 10.2. The van der Waals surface area contributed by atoms with Gasteiger partial charge in [0.05, 0.1) is 15.3 Å². The molecule has 0 amide bonds. The Morgan fingerprint density at radius 2 is 2.18 bits per heavy atom. The van der Waals surface area contributed by atoms with E-state index in [9.17, 15) is 4.79 Å². The minimum atomic E-state index is -0.995. The number of nitrogens with zero attached hydrogens (tertiary/aromatic N) is 2. The molecule has 0 saturated carbocycles. The highest BCUT2D eigenvalue weighted by molar-refractivity contribution is 14.1. The molecule has 0 atom stereocenters. The van der Waals surface area contributed by atoms with E-state index in [1.54, 1.807) is 6.07 Å². The molecule has 0 aliphatic heterocycles. The number of ether oxygens (including phenoxy) is 1. The second kappa shape index (κ2) is 5.09. The van der Waals surface area contributed by atoms with Crippen molar-refractivity contribution in [3.8, 4) is 11.6 Å². The summed E-state index contributed by atoms with van der Waals surface area (Å²) < 4.78 is 6.26. The topological polar surface area (TPSA) is 72.3 Å². The van der Waals surface area contributed by atoms with Gasteiger partial charge in [-0.05, 0) is 40.8 Å². The Morgan fingerprint density at radius 1 is 1.35 bits per heavy atom. The van der Waals surface area contributed by atoms with Crippen LogP contribution < -0.4 is 4.74 Å². The molecule has 0 aliphatic carbocycles. The molecule has 0 saturated heterocycles. The van der Waals surface area contributed by atoms with Crippen molar-refractivity contribution in [2.45, 2.75) is 0 Å². The minimum absolute atomic E-state index is 0.171. The van der Waals surface area contributed by atoms with E-state index in [0.717, 1.165) is 3.57 Å². The first-order valence-electron chi connectivity index (χ1n) is 4.63. The average molecular weight is 342 g/mol. The molecule has 0 aliphatic rings. The van der Waals surface area contributed by atoms with Crippen LogP contribution in [0, 0.1) is 3.57 Å². The van der Waals surface area contributed by atoms with Crippen molar-refractivity contribution >= 4 is 28.6 Å². The van der Waals surface area contributed by atoms with Crippen molar-refractivity contribution in [2.75, 3.05) is 0 Å². The second-order valence-electron chi connectivity index (χ2n) is 3.10. The second-order valence-corrected chi connectivity index (χ2v) is 4.26. The molecule has 17 heavy (non-hydrogen) atoms. The number of hydrogen-bond acceptors (Lipinski definition) is 4. The van der Waals surface area contributed by atoms with Crippen molar-refractivity contribution in [1.82, 2.24) is 9.97 Å². The maximum Gasteiger partial charge on any atom is 0.335 e. The third kappa shape index (κ3) is 2.90. The van der Waals surface area contributed by atoms with E-state index < -0.39 is 5.97 Å². The zero-order valence-electron chi connectivity index (χ0n) is 8.50. The van der Waals surface area contributed by atoms with Gasteiger partial charge in [-0.1, -0.05) is 0 Å². The van der Waals surface area contributed by atoms with E-state index in [-0.39, 0.29) is 5.56 Å². The first-order valence-corrected chi connectivity index (χ1v) is 5.71. The van der Waals surface area contributed by atoms with E-state index in [0.29, 0.717) is 11.6 Å². The van der Waals surface area contributed by atoms with Crippen LogP contribution in [0.4, 0.5) is 0 Å². The van der Waals surface area contributed by atoms with Crippen LogP contribution in [-0.2, 0) is 0 Å². The maximum atomic E-state index is 10.8. The monoisotopic (exact) mass is 342 g/mol. The Morgan fingerprint density at radius 3 is 2.82 bits per heavy atom. The van der Waals surface area contributed by atoms with Crippen LogP contribution in [0.15, 0.2) is 36.8 Å². The molecule has 2 rings (SSSR count). The maximum absolute atomic E-state index is 10.8. The first kappa shape index (κ1) is 11.8. The smallest absolute Gasteiger partial charge is 0.335 e. The number of aromatic carboxylic acids is 1. The highest BCUT2D eigenvalue weighted by Crippen LogP contribution is 2.26. The predicted molar refractivity (Wildman–Crippen MR) is 68.2 cm³/mol. The van der Waals surface area contributed by atoms with Crippen molar-refractivity contribution in [2.24, 2.45) is 0 Å². The van der Waals surface area contributed by atoms with Gasteiger partial charge in [0.1, 0.15) is 5.75 Å². The van der Waals surface area contributed by atoms with E-state index in [2.05, 4.69) is 32.6 Å². The lowest BCUT2D eigenvalue weighted by Crippen LogP contribution is -1.98. The van der Waals surface area contributed by atoms with E-state index in [1.807, 2.05) is 0 Å². The number of benzene rings is 1. The van der Waals surface area contributed by atoms with Crippen LogP contribution in [0.25, 0.3) is 0 Å². The summed E-state index contributed by atoms with van der Waals surface area (Å²) in [6.07, 6.45) is 4.50. The Bertz CT molecular complexity index is 546. The number of carboxylic acid groups (broad SMARTS) is 1. The van der Waals surface area contributed by atoms with Gasteiger partial charge in [0.15, 0.2) is 0 Å². The molecular weight excluding hydrogens is 335 g/mol. The van der Waals surface area contributed by atoms with E-state index >= 15 is 0 Å². The van der Waals surface area contributed by atoms with E-state index in [4.69, 9.17) is 9.84 Å². The molecule has 5 nitrogen and oxygen atoms in total. The summed E-state index contributed by atoms with van der Waals surface area (Å²) in [5.74, 6) is -0.218. The van der Waals surface area contributed by atoms with Gasteiger partial charge in [-0.25, -0.2) is 9.78 Å². The highest BCUT2D eigenvalue weighted by atomic mass is 127. The van der Waals surface area contributed by atoms with Crippen molar-refractivity contribution < 1.29 is 14.6 Å². The fraction of sp³-hybridized carbons (Fsp3) is 0. The SMILES string of the molecule is O=C(O)c1ccc(I)c(Oc2cnccn2)c1. The molecule has 0 radical (unpaired) electrons. The van der Waals surface area contributed by atoms with Gasteiger partial charge >= 0.3 is 5.97 Å². The molecule has 1 aromatic heterocycles. The summed E-state index contributed by atoms with van der Waals surface area (Å²) in [5, 5.41) is 8.88. The third-order valence-electron chi connectivity index (χ3n) is 1.93. The van der Waals surface area contributed by atoms with Crippen LogP contribution in [0.2, 0.25) is 0 Å². The number of aromatic nitrogens is 2. The molecule has 6 heteroatoms. The normalized spacial score (nSPS) is 9.94. The molecule has 0 unspecified atom stereocenters. The summed E-state index contributed by atoms with van der Waals surface area (Å²) in [7, 11) is 0. The van der Waals surface area contributed by atoms with Crippen molar-refractivity contribution in [1.29, 1.82) is 0 Å². The number of rotatable bonds is 3. The summed E-state index contributed by atoms with van der Waals surface area (Å²) in [5.41, 5.74) is 0.171. The largest absolute Gasteiger partial charge is 0.478 e. The lowest BCUT2D eigenvalue weighted by molar-refractivity contribution is 0.0696. The molecule has 1 N–H and O–H groups in total. The number of hydrogen-bond donors (Lipinski definition) is 1. The van der Waals surface area contributed by atoms with Crippen LogP contribution >= 0.6 is 22.6 Å². The fourth-order valence-corrected chi connectivity index (χ4v) is 1.61. The van der Waals surface area contributed by atoms with Gasteiger partial charge in [0.25, 0.3) is 0 Å². The Hall–Kier alpha value is -1.70. The molecule has 0 bridgehead atoms. The summed E-state index contributed by atoms with van der Waals surface area (Å²) in [6, 6.07) is 4.65. The molecule has 1 heterocycles. The van der Waals surface area contributed by atoms with Gasteiger partial charge in [-0.2, -0.15) is 0 Å². The zero-order valence-corrected chi connectivity index (χ0v) is 10.7. The van der Waals surface area contributed by atoms with Crippen LogP contribution in [0.5, 0.6) is 11.6 Å². The lowest BCUT2D eigenvalue weighted by Gasteiger charge is -2.06. The Kier molecular flexibility index (Phi) is 3.52. The van der Waals surface area contributed by atoms with E-state index in [1.165, 1.54) is 30.7 Å². The Labute approximate surface area is 111 Å². The molecule has 2 aromatic rings. The number of carboxylic acids is 1. The first-order chi connectivity index (χ1) is 8.16. The summed E-state index contributed by atoms with van der Waals surface area (Å²) in [4.78, 5) is 18.6. The standard InChI is InChI=1S/C11H7IN2O3/c12-8-2-1-7(11(15)16)5-9(8)17-10-6-13-3-4-14-10/h1-6H,(H,15,16). The van der Waals surface area contributed by atoms with Gasteiger partial charge in [0.2, 0.25) is 5.88 Å². The third-order valence-corrected chi connectivity index (χ3v) is 2.82. The molecular formula is C11H7IN2O3. The zero-order chi connectivity index (χ0) is 12.3. The predicted octanol–water partition coefficient (Wildman–Crippen LogP) is 2.57. The van der Waals surface area contributed by atoms with Crippen LogP contribution in [0.1, 0.15) is 10.4 Å². The van der Waals surface area contributed by atoms with Crippen LogP contribution in [0.3, 0.4) is 0 Å². The number of carbonyl (C=O) groups is 1. The summed E-state index contributed by atoms with van der Waals surface area (Å²) in [6.45, 7) is 0.